The standard InChI is InChI=1S/C19H28FN3O3/c1-3-4-5-6-10-16(18(21)25)23-19(26)17(22-13(2)24)12-14-8-7-9-15(20)11-14/h7-9,11,16-17H,3-6,10,12H2,1-2H3,(H2,21,25)(H,22,24)(H,23,26)/t16-,17-/m1/s1. The predicted molar refractivity (Wildman–Crippen MR) is 97.6 cm³/mol. The van der Waals surface area contributed by atoms with Gasteiger partial charge in [0.1, 0.15) is 17.9 Å². The quantitative estimate of drug-likeness (QED) is 0.521. The molecular weight excluding hydrogens is 337 g/mol. The molecule has 0 aliphatic carbocycles. The first kappa shape index (κ1) is 21.6. The van der Waals surface area contributed by atoms with E-state index < -0.39 is 29.7 Å². The molecule has 0 bridgehead atoms. The fourth-order valence-corrected chi connectivity index (χ4v) is 2.69. The van der Waals surface area contributed by atoms with Crippen LogP contribution < -0.4 is 16.4 Å². The van der Waals surface area contributed by atoms with Gasteiger partial charge in [-0.05, 0) is 24.1 Å². The maximum absolute atomic E-state index is 13.4. The van der Waals surface area contributed by atoms with Crippen molar-refractivity contribution in [2.24, 2.45) is 5.73 Å². The summed E-state index contributed by atoms with van der Waals surface area (Å²) in [5.74, 6) is -1.93. The van der Waals surface area contributed by atoms with Gasteiger partial charge < -0.3 is 16.4 Å². The van der Waals surface area contributed by atoms with Crippen LogP contribution in [0.2, 0.25) is 0 Å². The summed E-state index contributed by atoms with van der Waals surface area (Å²) >= 11 is 0. The summed E-state index contributed by atoms with van der Waals surface area (Å²) in [5, 5.41) is 5.15. The molecule has 0 aliphatic rings. The van der Waals surface area contributed by atoms with Gasteiger partial charge in [0.15, 0.2) is 0 Å². The Labute approximate surface area is 153 Å². The van der Waals surface area contributed by atoms with E-state index in [0.717, 1.165) is 25.7 Å². The summed E-state index contributed by atoms with van der Waals surface area (Å²) in [7, 11) is 0. The Morgan fingerprint density at radius 3 is 2.42 bits per heavy atom. The molecule has 6 nitrogen and oxygen atoms in total. The molecule has 144 valence electrons. The fourth-order valence-electron chi connectivity index (χ4n) is 2.69. The van der Waals surface area contributed by atoms with Crippen molar-refractivity contribution < 1.29 is 18.8 Å². The maximum Gasteiger partial charge on any atom is 0.243 e. The molecule has 0 heterocycles. The van der Waals surface area contributed by atoms with Gasteiger partial charge in [0, 0.05) is 13.3 Å². The molecule has 0 saturated carbocycles. The maximum atomic E-state index is 13.4. The number of unbranched alkanes of at least 4 members (excludes halogenated alkanes) is 3. The summed E-state index contributed by atoms with van der Waals surface area (Å²) in [6.07, 6.45) is 4.41. The second-order valence-corrected chi connectivity index (χ2v) is 6.40. The Kier molecular flexibility index (Phi) is 9.33. The Bertz CT molecular complexity index is 622. The van der Waals surface area contributed by atoms with Gasteiger partial charge in [-0.2, -0.15) is 0 Å². The van der Waals surface area contributed by atoms with Crippen LogP contribution in [0.1, 0.15) is 51.5 Å². The van der Waals surface area contributed by atoms with Gasteiger partial charge >= 0.3 is 0 Å². The monoisotopic (exact) mass is 365 g/mol. The number of carbonyl (C=O) groups is 3. The van der Waals surface area contributed by atoms with Gasteiger partial charge in [-0.1, -0.05) is 44.7 Å². The summed E-state index contributed by atoms with van der Waals surface area (Å²) in [6.45, 7) is 3.37. The third kappa shape index (κ3) is 8.09. The van der Waals surface area contributed by atoms with E-state index in [4.69, 9.17) is 5.73 Å². The molecule has 3 amide bonds. The number of hydrogen-bond donors (Lipinski definition) is 3. The average molecular weight is 365 g/mol. The SMILES string of the molecule is CCCCCC[C@@H](NC(=O)[C@@H](Cc1cccc(F)c1)NC(C)=O)C(N)=O. The van der Waals surface area contributed by atoms with Crippen LogP contribution in [0.5, 0.6) is 0 Å². The highest BCUT2D eigenvalue weighted by Gasteiger charge is 2.25. The van der Waals surface area contributed by atoms with Crippen LogP contribution in [0.3, 0.4) is 0 Å². The summed E-state index contributed by atoms with van der Waals surface area (Å²) in [4.78, 5) is 35.6. The van der Waals surface area contributed by atoms with Crippen LogP contribution in [-0.4, -0.2) is 29.8 Å². The largest absolute Gasteiger partial charge is 0.368 e. The molecule has 0 aromatic heterocycles. The number of hydrogen-bond acceptors (Lipinski definition) is 3. The van der Waals surface area contributed by atoms with E-state index >= 15 is 0 Å². The third-order valence-electron chi connectivity index (χ3n) is 4.03. The molecule has 0 radical (unpaired) electrons. The van der Waals surface area contributed by atoms with Gasteiger partial charge in [-0.15, -0.1) is 0 Å². The average Bonchev–Trinajstić information content (AvgIpc) is 2.56. The first-order valence-electron chi connectivity index (χ1n) is 8.94. The van der Waals surface area contributed by atoms with Gasteiger partial charge in [0.25, 0.3) is 0 Å². The lowest BCUT2D eigenvalue weighted by Gasteiger charge is -2.21. The molecule has 2 atom stereocenters. The Balaban J connectivity index is 2.76. The van der Waals surface area contributed by atoms with Crippen molar-refractivity contribution in [2.45, 2.75) is 64.5 Å². The Hall–Kier alpha value is -2.44. The van der Waals surface area contributed by atoms with Crippen LogP contribution in [0.4, 0.5) is 4.39 Å². The molecule has 0 spiro atoms. The highest BCUT2D eigenvalue weighted by Crippen LogP contribution is 2.09. The minimum absolute atomic E-state index is 0.116. The second-order valence-electron chi connectivity index (χ2n) is 6.40. The van der Waals surface area contributed by atoms with E-state index in [1.54, 1.807) is 6.07 Å². The molecule has 1 aromatic carbocycles. The highest BCUT2D eigenvalue weighted by molar-refractivity contribution is 5.91. The Morgan fingerprint density at radius 2 is 1.85 bits per heavy atom. The van der Waals surface area contributed by atoms with Crippen molar-refractivity contribution in [2.75, 3.05) is 0 Å². The van der Waals surface area contributed by atoms with Gasteiger partial charge in [-0.25, -0.2) is 4.39 Å². The summed E-state index contributed by atoms with van der Waals surface area (Å²) in [6, 6.07) is 4.11. The van der Waals surface area contributed by atoms with Crippen LogP contribution in [0.15, 0.2) is 24.3 Å². The summed E-state index contributed by atoms with van der Waals surface area (Å²) < 4.78 is 13.4. The topological polar surface area (TPSA) is 101 Å². The second kappa shape index (κ2) is 11.2. The van der Waals surface area contributed by atoms with Crippen LogP contribution in [0, 0.1) is 5.82 Å². The van der Waals surface area contributed by atoms with Crippen molar-refractivity contribution in [3.8, 4) is 0 Å². The van der Waals surface area contributed by atoms with Crippen LogP contribution >= 0.6 is 0 Å². The number of carbonyl (C=O) groups excluding carboxylic acids is 3. The molecule has 1 rings (SSSR count). The molecule has 0 saturated heterocycles. The molecule has 1 aromatic rings. The number of nitrogens with two attached hydrogens (primary N) is 1. The fraction of sp³-hybridized carbons (Fsp3) is 0.526. The Morgan fingerprint density at radius 1 is 1.12 bits per heavy atom. The van der Waals surface area contributed by atoms with E-state index in [1.165, 1.54) is 25.1 Å². The normalized spacial score (nSPS) is 12.9. The molecule has 7 heteroatoms. The van der Waals surface area contributed by atoms with Crippen LogP contribution in [-0.2, 0) is 20.8 Å². The van der Waals surface area contributed by atoms with E-state index in [0.29, 0.717) is 12.0 Å². The van der Waals surface area contributed by atoms with E-state index in [1.807, 2.05) is 0 Å². The van der Waals surface area contributed by atoms with Gasteiger partial charge in [0.2, 0.25) is 17.7 Å². The number of rotatable bonds is 11. The van der Waals surface area contributed by atoms with Gasteiger partial charge in [0.05, 0.1) is 0 Å². The molecule has 0 fully saturated rings. The zero-order valence-electron chi connectivity index (χ0n) is 15.4. The number of nitrogens with one attached hydrogen (secondary N) is 2. The third-order valence-corrected chi connectivity index (χ3v) is 4.03. The van der Waals surface area contributed by atoms with Crippen molar-refractivity contribution in [1.82, 2.24) is 10.6 Å². The molecule has 4 N–H and O–H groups in total. The van der Waals surface area contributed by atoms with E-state index in [2.05, 4.69) is 17.6 Å². The lowest BCUT2D eigenvalue weighted by molar-refractivity contribution is -0.130. The zero-order valence-corrected chi connectivity index (χ0v) is 15.4. The van der Waals surface area contributed by atoms with Gasteiger partial charge in [-0.3, -0.25) is 14.4 Å². The molecule has 0 unspecified atom stereocenters. The molecular formula is C19H28FN3O3. The van der Waals surface area contributed by atoms with Crippen molar-refractivity contribution in [3.05, 3.63) is 35.6 Å². The first-order chi connectivity index (χ1) is 12.3. The number of benzene rings is 1. The number of primary amides is 1. The predicted octanol–water partition coefficient (Wildman–Crippen LogP) is 1.81. The zero-order chi connectivity index (χ0) is 19.5. The highest BCUT2D eigenvalue weighted by atomic mass is 19.1. The number of halogens is 1. The molecule has 26 heavy (non-hydrogen) atoms. The van der Waals surface area contributed by atoms with E-state index in [9.17, 15) is 18.8 Å². The van der Waals surface area contributed by atoms with Crippen LogP contribution in [0.25, 0.3) is 0 Å². The van der Waals surface area contributed by atoms with Crippen molar-refractivity contribution in [1.29, 1.82) is 0 Å². The number of amides is 3. The first-order valence-corrected chi connectivity index (χ1v) is 8.94. The summed E-state index contributed by atoms with van der Waals surface area (Å²) in [5.41, 5.74) is 5.95. The minimum Gasteiger partial charge on any atom is -0.368 e. The van der Waals surface area contributed by atoms with Crippen molar-refractivity contribution >= 4 is 17.7 Å². The minimum atomic E-state index is -0.910. The molecule has 0 aliphatic heterocycles. The lowest BCUT2D eigenvalue weighted by atomic mass is 10.0. The van der Waals surface area contributed by atoms with E-state index in [-0.39, 0.29) is 12.3 Å². The smallest absolute Gasteiger partial charge is 0.243 e. The lowest BCUT2D eigenvalue weighted by Crippen LogP contribution is -2.53. The van der Waals surface area contributed by atoms with Crippen molar-refractivity contribution in [3.63, 3.8) is 0 Å².